The Morgan fingerprint density at radius 3 is 2.28 bits per heavy atom. The number of hydrogen-bond acceptors (Lipinski definition) is 1. The molecule has 0 atom stereocenters. The lowest BCUT2D eigenvalue weighted by molar-refractivity contribution is 0.0933. The largest absolute Gasteiger partial charge is 0.349 e. The lowest BCUT2D eigenvalue weighted by Gasteiger charge is -2.16. The van der Waals surface area contributed by atoms with Crippen LogP contribution in [-0.2, 0) is 4.43 Å². The molecule has 0 aliphatic heterocycles. The van der Waals surface area contributed by atoms with Crippen molar-refractivity contribution in [2.75, 3.05) is 0 Å². The summed E-state index contributed by atoms with van der Waals surface area (Å²) in [5.41, 5.74) is 2.05. The topological polar surface area (TPSA) is 29.1 Å². The molecule has 1 saturated carbocycles. The lowest BCUT2D eigenvalue weighted by atomic mass is 10.1. The standard InChI is InChI=1S/C15H20INO/c16-11-12-7-9-13(10-8-12)15(18)17-14-5-3-1-2-4-6-14/h7-10,14H,1-6,11H2,(H,17,18). The van der Waals surface area contributed by atoms with E-state index >= 15 is 0 Å². The van der Waals surface area contributed by atoms with E-state index in [0.717, 1.165) is 22.8 Å². The minimum absolute atomic E-state index is 0.0851. The van der Waals surface area contributed by atoms with Crippen LogP contribution in [-0.4, -0.2) is 11.9 Å². The SMILES string of the molecule is O=C(NC1CCCCCC1)c1ccc(CI)cc1. The van der Waals surface area contributed by atoms with E-state index in [9.17, 15) is 4.79 Å². The summed E-state index contributed by atoms with van der Waals surface area (Å²) in [6, 6.07) is 8.31. The first kappa shape index (κ1) is 13.8. The maximum absolute atomic E-state index is 12.1. The van der Waals surface area contributed by atoms with Gasteiger partial charge in [0, 0.05) is 16.0 Å². The second kappa shape index (κ2) is 7.12. The molecule has 0 bridgehead atoms. The van der Waals surface area contributed by atoms with Gasteiger partial charge in [-0.1, -0.05) is 60.4 Å². The Morgan fingerprint density at radius 2 is 1.72 bits per heavy atom. The molecule has 0 unspecified atom stereocenters. The van der Waals surface area contributed by atoms with E-state index in [2.05, 4.69) is 27.9 Å². The maximum atomic E-state index is 12.1. The van der Waals surface area contributed by atoms with Gasteiger partial charge in [-0.15, -0.1) is 0 Å². The molecule has 0 aromatic heterocycles. The minimum Gasteiger partial charge on any atom is -0.349 e. The third kappa shape index (κ3) is 3.97. The molecular weight excluding hydrogens is 337 g/mol. The highest BCUT2D eigenvalue weighted by Crippen LogP contribution is 2.17. The van der Waals surface area contributed by atoms with Crippen LogP contribution in [0.1, 0.15) is 54.4 Å². The third-order valence-electron chi connectivity index (χ3n) is 3.56. The van der Waals surface area contributed by atoms with Crippen molar-refractivity contribution in [3.63, 3.8) is 0 Å². The molecule has 1 aromatic rings. The maximum Gasteiger partial charge on any atom is 0.251 e. The number of rotatable bonds is 3. The molecule has 0 heterocycles. The highest BCUT2D eigenvalue weighted by molar-refractivity contribution is 14.1. The van der Waals surface area contributed by atoms with Gasteiger partial charge >= 0.3 is 0 Å². The van der Waals surface area contributed by atoms with E-state index in [1.165, 1.54) is 31.2 Å². The number of benzene rings is 1. The predicted octanol–water partition coefficient (Wildman–Crippen LogP) is 4.07. The van der Waals surface area contributed by atoms with Crippen LogP contribution in [0.2, 0.25) is 0 Å². The number of nitrogens with one attached hydrogen (secondary N) is 1. The molecule has 0 saturated heterocycles. The predicted molar refractivity (Wildman–Crippen MR) is 83.1 cm³/mol. The molecule has 0 spiro atoms. The summed E-state index contributed by atoms with van der Waals surface area (Å²) in [4.78, 5) is 12.1. The van der Waals surface area contributed by atoms with E-state index in [1.54, 1.807) is 0 Å². The van der Waals surface area contributed by atoms with Gasteiger partial charge in [0.15, 0.2) is 0 Å². The van der Waals surface area contributed by atoms with Crippen LogP contribution in [0.3, 0.4) is 0 Å². The fourth-order valence-corrected chi connectivity index (χ4v) is 2.95. The molecule has 1 aliphatic carbocycles. The molecule has 1 aliphatic rings. The van der Waals surface area contributed by atoms with Gasteiger partial charge in [0.05, 0.1) is 0 Å². The van der Waals surface area contributed by atoms with E-state index in [0.29, 0.717) is 6.04 Å². The average molecular weight is 357 g/mol. The summed E-state index contributed by atoms with van der Waals surface area (Å²) < 4.78 is 0.988. The van der Waals surface area contributed by atoms with E-state index in [1.807, 2.05) is 24.3 Å². The van der Waals surface area contributed by atoms with Gasteiger partial charge < -0.3 is 5.32 Å². The van der Waals surface area contributed by atoms with Crippen molar-refractivity contribution in [2.24, 2.45) is 0 Å². The zero-order valence-corrected chi connectivity index (χ0v) is 12.8. The number of carbonyl (C=O) groups is 1. The van der Waals surface area contributed by atoms with Crippen molar-refractivity contribution in [1.82, 2.24) is 5.32 Å². The molecule has 2 rings (SSSR count). The van der Waals surface area contributed by atoms with Crippen LogP contribution in [0, 0.1) is 0 Å². The molecule has 0 radical (unpaired) electrons. The van der Waals surface area contributed by atoms with Crippen LogP contribution in [0.5, 0.6) is 0 Å². The van der Waals surface area contributed by atoms with Crippen LogP contribution in [0.25, 0.3) is 0 Å². The average Bonchev–Trinajstić information content (AvgIpc) is 2.67. The number of halogens is 1. The number of hydrogen-bond donors (Lipinski definition) is 1. The molecule has 1 N–H and O–H groups in total. The van der Waals surface area contributed by atoms with Crippen molar-refractivity contribution in [3.8, 4) is 0 Å². The highest BCUT2D eigenvalue weighted by Gasteiger charge is 2.15. The molecule has 1 amide bonds. The number of carbonyl (C=O) groups excluding carboxylic acids is 1. The lowest BCUT2D eigenvalue weighted by Crippen LogP contribution is -2.34. The number of alkyl halides is 1. The summed E-state index contributed by atoms with van der Waals surface area (Å²) in [6.45, 7) is 0. The zero-order valence-electron chi connectivity index (χ0n) is 10.6. The summed E-state index contributed by atoms with van der Waals surface area (Å²) in [5.74, 6) is 0.0851. The van der Waals surface area contributed by atoms with Gasteiger partial charge in [0.25, 0.3) is 5.91 Å². The first-order chi connectivity index (χ1) is 8.79. The molecular formula is C15H20INO. The Kier molecular flexibility index (Phi) is 5.47. The van der Waals surface area contributed by atoms with E-state index in [-0.39, 0.29) is 5.91 Å². The Hall–Kier alpha value is -0.580. The van der Waals surface area contributed by atoms with Crippen LogP contribution < -0.4 is 5.32 Å². The van der Waals surface area contributed by atoms with Crippen molar-refractivity contribution in [1.29, 1.82) is 0 Å². The summed E-state index contributed by atoms with van der Waals surface area (Å²) in [7, 11) is 0. The third-order valence-corrected chi connectivity index (χ3v) is 4.44. The van der Waals surface area contributed by atoms with Crippen molar-refractivity contribution < 1.29 is 4.79 Å². The summed E-state index contributed by atoms with van der Waals surface area (Å²) in [5, 5.41) is 3.17. The second-order valence-electron chi connectivity index (χ2n) is 4.99. The minimum atomic E-state index is 0.0851. The Labute approximate surface area is 123 Å². The van der Waals surface area contributed by atoms with E-state index in [4.69, 9.17) is 0 Å². The monoisotopic (exact) mass is 357 g/mol. The summed E-state index contributed by atoms with van der Waals surface area (Å²) >= 11 is 2.33. The van der Waals surface area contributed by atoms with Crippen molar-refractivity contribution in [2.45, 2.75) is 49.0 Å². The van der Waals surface area contributed by atoms with Gasteiger partial charge in [-0.2, -0.15) is 0 Å². The van der Waals surface area contributed by atoms with Gasteiger partial charge in [0.2, 0.25) is 0 Å². The van der Waals surface area contributed by atoms with Crippen LogP contribution >= 0.6 is 22.6 Å². The smallest absolute Gasteiger partial charge is 0.251 e. The molecule has 3 heteroatoms. The Bertz CT molecular complexity index is 380. The molecule has 98 valence electrons. The normalized spacial score (nSPS) is 17.2. The molecule has 18 heavy (non-hydrogen) atoms. The first-order valence-corrected chi connectivity index (χ1v) is 8.28. The molecule has 2 nitrogen and oxygen atoms in total. The summed E-state index contributed by atoms with van der Waals surface area (Å²) in [6.07, 6.45) is 7.40. The fraction of sp³-hybridized carbons (Fsp3) is 0.533. The van der Waals surface area contributed by atoms with Crippen LogP contribution in [0.4, 0.5) is 0 Å². The first-order valence-electron chi connectivity index (χ1n) is 6.75. The Morgan fingerprint density at radius 1 is 1.11 bits per heavy atom. The molecule has 1 fully saturated rings. The van der Waals surface area contributed by atoms with Crippen LogP contribution in [0.15, 0.2) is 24.3 Å². The van der Waals surface area contributed by atoms with Crippen molar-refractivity contribution in [3.05, 3.63) is 35.4 Å². The van der Waals surface area contributed by atoms with E-state index < -0.39 is 0 Å². The molecule has 1 aromatic carbocycles. The number of amides is 1. The fourth-order valence-electron chi connectivity index (χ4n) is 2.44. The highest BCUT2D eigenvalue weighted by atomic mass is 127. The quantitative estimate of drug-likeness (QED) is 0.493. The Balaban J connectivity index is 1.93. The van der Waals surface area contributed by atoms with Gasteiger partial charge in [-0.3, -0.25) is 4.79 Å². The van der Waals surface area contributed by atoms with Crippen molar-refractivity contribution >= 4 is 28.5 Å². The van der Waals surface area contributed by atoms with Gasteiger partial charge in [0.1, 0.15) is 0 Å². The zero-order chi connectivity index (χ0) is 12.8. The van der Waals surface area contributed by atoms with Gasteiger partial charge in [-0.05, 0) is 30.5 Å². The van der Waals surface area contributed by atoms with Gasteiger partial charge in [-0.25, -0.2) is 0 Å². The second-order valence-corrected chi connectivity index (χ2v) is 5.76.